The summed E-state index contributed by atoms with van der Waals surface area (Å²) in [6, 6.07) is 5.61. The van der Waals surface area contributed by atoms with E-state index < -0.39 is 0 Å². The van der Waals surface area contributed by atoms with Gasteiger partial charge in [-0.2, -0.15) is 0 Å². The Bertz CT molecular complexity index is 551. The van der Waals surface area contributed by atoms with Crippen LogP contribution in [0.4, 0.5) is 5.69 Å². The van der Waals surface area contributed by atoms with Crippen LogP contribution in [0, 0.1) is 18.8 Å². The molecule has 1 aromatic rings. The molecule has 21 heavy (non-hydrogen) atoms. The van der Waals surface area contributed by atoms with Crippen LogP contribution in [0.5, 0.6) is 0 Å². The van der Waals surface area contributed by atoms with E-state index in [2.05, 4.69) is 17.2 Å². The average Bonchev–Trinajstić information content (AvgIpc) is 2.49. The number of aryl methyl sites for hydroxylation is 1. The Balaban J connectivity index is 1.98. The molecule has 4 nitrogen and oxygen atoms in total. The molecule has 1 unspecified atom stereocenters. The number of benzene rings is 1. The van der Waals surface area contributed by atoms with Crippen LogP contribution in [0.3, 0.4) is 0 Å². The Kier molecular flexibility index (Phi) is 5.79. The first kappa shape index (κ1) is 15.6. The molecule has 1 aliphatic rings. The molecule has 0 radical (unpaired) electrons. The van der Waals surface area contributed by atoms with Crippen molar-refractivity contribution in [3.63, 3.8) is 0 Å². The Morgan fingerprint density at radius 2 is 2.33 bits per heavy atom. The predicted molar refractivity (Wildman–Crippen MR) is 82.0 cm³/mol. The normalized spacial score (nSPS) is 17.7. The SMILES string of the molecule is Cc1ccc(C#CCO)cc1NC(=O)CC1CCCCO1. The van der Waals surface area contributed by atoms with E-state index in [-0.39, 0.29) is 18.6 Å². The lowest BCUT2D eigenvalue weighted by Crippen LogP contribution is -2.25. The number of amides is 1. The fraction of sp³-hybridized carbons (Fsp3) is 0.471. The van der Waals surface area contributed by atoms with Gasteiger partial charge in [-0.25, -0.2) is 0 Å². The van der Waals surface area contributed by atoms with Crippen molar-refractivity contribution in [1.82, 2.24) is 0 Å². The fourth-order valence-electron chi connectivity index (χ4n) is 2.35. The highest BCUT2D eigenvalue weighted by atomic mass is 16.5. The highest BCUT2D eigenvalue weighted by Crippen LogP contribution is 2.19. The van der Waals surface area contributed by atoms with Crippen LogP contribution in [-0.2, 0) is 9.53 Å². The maximum atomic E-state index is 12.1. The Hall–Kier alpha value is -1.83. The second-order valence-electron chi connectivity index (χ2n) is 5.23. The van der Waals surface area contributed by atoms with E-state index in [9.17, 15) is 4.79 Å². The van der Waals surface area contributed by atoms with E-state index in [1.54, 1.807) is 0 Å². The zero-order valence-electron chi connectivity index (χ0n) is 12.3. The van der Waals surface area contributed by atoms with Gasteiger partial charge in [0.25, 0.3) is 0 Å². The van der Waals surface area contributed by atoms with E-state index in [1.165, 1.54) is 0 Å². The Morgan fingerprint density at radius 1 is 1.48 bits per heavy atom. The lowest BCUT2D eigenvalue weighted by atomic mass is 10.1. The van der Waals surface area contributed by atoms with Gasteiger partial charge in [0, 0.05) is 17.9 Å². The lowest BCUT2D eigenvalue weighted by Gasteiger charge is -2.22. The van der Waals surface area contributed by atoms with Gasteiger partial charge in [-0.3, -0.25) is 4.79 Å². The number of aliphatic hydroxyl groups is 1. The third kappa shape index (κ3) is 4.89. The zero-order valence-corrected chi connectivity index (χ0v) is 12.3. The molecule has 0 saturated carbocycles. The van der Waals surface area contributed by atoms with Crippen molar-refractivity contribution in [3.05, 3.63) is 29.3 Å². The number of hydrogen-bond acceptors (Lipinski definition) is 3. The molecule has 1 saturated heterocycles. The maximum absolute atomic E-state index is 12.1. The summed E-state index contributed by atoms with van der Waals surface area (Å²) < 4.78 is 5.58. The van der Waals surface area contributed by atoms with Gasteiger partial charge in [0.15, 0.2) is 0 Å². The number of hydrogen-bond donors (Lipinski definition) is 2. The van der Waals surface area contributed by atoms with Crippen molar-refractivity contribution in [3.8, 4) is 11.8 Å². The molecule has 0 aromatic heterocycles. The molecule has 1 heterocycles. The quantitative estimate of drug-likeness (QED) is 0.838. The summed E-state index contributed by atoms with van der Waals surface area (Å²) in [5, 5.41) is 11.6. The van der Waals surface area contributed by atoms with E-state index in [4.69, 9.17) is 9.84 Å². The molecule has 0 bridgehead atoms. The molecule has 1 aromatic carbocycles. The van der Waals surface area contributed by atoms with Crippen LogP contribution in [-0.4, -0.2) is 30.3 Å². The van der Waals surface area contributed by atoms with Gasteiger partial charge in [0.2, 0.25) is 5.91 Å². The number of ether oxygens (including phenoxy) is 1. The van der Waals surface area contributed by atoms with Gasteiger partial charge in [-0.05, 0) is 43.9 Å². The first-order valence-electron chi connectivity index (χ1n) is 7.31. The second-order valence-corrected chi connectivity index (χ2v) is 5.23. The molecule has 1 aliphatic heterocycles. The molecular weight excluding hydrogens is 266 g/mol. The molecular formula is C17H21NO3. The summed E-state index contributed by atoms with van der Waals surface area (Å²) in [5.74, 6) is 5.41. The molecule has 0 aliphatic carbocycles. The van der Waals surface area contributed by atoms with Crippen LogP contribution in [0.25, 0.3) is 0 Å². The number of carbonyl (C=O) groups excluding carboxylic acids is 1. The van der Waals surface area contributed by atoms with Crippen LogP contribution in [0.2, 0.25) is 0 Å². The molecule has 4 heteroatoms. The summed E-state index contributed by atoms with van der Waals surface area (Å²) >= 11 is 0. The van der Waals surface area contributed by atoms with E-state index in [0.717, 1.165) is 42.7 Å². The fourth-order valence-corrected chi connectivity index (χ4v) is 2.35. The number of carbonyl (C=O) groups is 1. The first-order valence-corrected chi connectivity index (χ1v) is 7.31. The van der Waals surface area contributed by atoms with E-state index in [1.807, 2.05) is 25.1 Å². The predicted octanol–water partition coefficient (Wildman–Crippen LogP) is 2.24. The molecule has 2 rings (SSSR count). The summed E-state index contributed by atoms with van der Waals surface area (Å²) in [6.45, 7) is 2.52. The second kappa shape index (κ2) is 7.82. The summed E-state index contributed by atoms with van der Waals surface area (Å²) in [7, 11) is 0. The summed E-state index contributed by atoms with van der Waals surface area (Å²) in [5.41, 5.74) is 2.53. The number of nitrogens with one attached hydrogen (secondary N) is 1. The van der Waals surface area contributed by atoms with Gasteiger partial charge in [-0.1, -0.05) is 17.9 Å². The average molecular weight is 287 g/mol. The van der Waals surface area contributed by atoms with Crippen molar-refractivity contribution in [2.24, 2.45) is 0 Å². The van der Waals surface area contributed by atoms with Gasteiger partial charge >= 0.3 is 0 Å². The van der Waals surface area contributed by atoms with Gasteiger partial charge in [-0.15, -0.1) is 0 Å². The maximum Gasteiger partial charge on any atom is 0.226 e. The number of rotatable bonds is 3. The monoisotopic (exact) mass is 287 g/mol. The van der Waals surface area contributed by atoms with Crippen molar-refractivity contribution in [2.75, 3.05) is 18.5 Å². The Morgan fingerprint density at radius 3 is 3.05 bits per heavy atom. The topological polar surface area (TPSA) is 58.6 Å². The van der Waals surface area contributed by atoms with Crippen molar-refractivity contribution < 1.29 is 14.6 Å². The molecule has 1 atom stereocenters. The lowest BCUT2D eigenvalue weighted by molar-refractivity contribution is -0.119. The zero-order chi connectivity index (χ0) is 15.1. The third-order valence-electron chi connectivity index (χ3n) is 3.51. The standard InChI is InChI=1S/C17H21NO3/c1-13-7-8-14(5-4-9-19)11-16(13)18-17(20)12-15-6-2-3-10-21-15/h7-8,11,15,19H,2-3,6,9-10,12H2,1H3,(H,18,20). The Labute approximate surface area is 125 Å². The van der Waals surface area contributed by atoms with Crippen LogP contribution in [0.15, 0.2) is 18.2 Å². The minimum absolute atomic E-state index is 0.0303. The minimum Gasteiger partial charge on any atom is -0.384 e. The van der Waals surface area contributed by atoms with Crippen molar-refractivity contribution in [1.29, 1.82) is 0 Å². The van der Waals surface area contributed by atoms with Crippen LogP contribution < -0.4 is 5.32 Å². The van der Waals surface area contributed by atoms with Crippen molar-refractivity contribution in [2.45, 2.75) is 38.7 Å². The van der Waals surface area contributed by atoms with Gasteiger partial charge in [0.1, 0.15) is 6.61 Å². The number of anilines is 1. The van der Waals surface area contributed by atoms with Gasteiger partial charge in [0.05, 0.1) is 12.5 Å². The largest absolute Gasteiger partial charge is 0.384 e. The third-order valence-corrected chi connectivity index (χ3v) is 3.51. The number of aliphatic hydroxyl groups excluding tert-OH is 1. The molecule has 2 N–H and O–H groups in total. The highest BCUT2D eigenvalue weighted by molar-refractivity contribution is 5.92. The first-order chi connectivity index (χ1) is 10.2. The van der Waals surface area contributed by atoms with E-state index >= 15 is 0 Å². The summed E-state index contributed by atoms with van der Waals surface area (Å²) in [4.78, 5) is 12.1. The van der Waals surface area contributed by atoms with Crippen molar-refractivity contribution >= 4 is 11.6 Å². The van der Waals surface area contributed by atoms with E-state index in [0.29, 0.717) is 6.42 Å². The van der Waals surface area contributed by atoms with Crippen LogP contribution >= 0.6 is 0 Å². The van der Waals surface area contributed by atoms with Crippen LogP contribution in [0.1, 0.15) is 36.8 Å². The summed E-state index contributed by atoms with van der Waals surface area (Å²) in [6.07, 6.45) is 3.60. The highest BCUT2D eigenvalue weighted by Gasteiger charge is 2.18. The molecule has 0 spiro atoms. The minimum atomic E-state index is -0.172. The smallest absolute Gasteiger partial charge is 0.226 e. The molecule has 1 fully saturated rings. The molecule has 1 amide bonds. The molecule has 112 valence electrons. The van der Waals surface area contributed by atoms with Gasteiger partial charge < -0.3 is 15.2 Å².